The zero-order chi connectivity index (χ0) is 32.7. The molecular formula is C36H38N2O8. The van der Waals surface area contributed by atoms with E-state index in [4.69, 9.17) is 18.9 Å². The molecule has 2 amide bonds. The lowest BCUT2D eigenvalue weighted by molar-refractivity contribution is -0.145. The van der Waals surface area contributed by atoms with Crippen molar-refractivity contribution in [3.05, 3.63) is 131 Å². The van der Waals surface area contributed by atoms with Crippen LogP contribution < -0.4 is 20.1 Å². The number of carbonyl (C=O) groups excluding carboxylic acids is 3. The van der Waals surface area contributed by atoms with Gasteiger partial charge in [-0.05, 0) is 41.3 Å². The summed E-state index contributed by atoms with van der Waals surface area (Å²) in [6, 6.07) is 31.1. The molecule has 0 aliphatic carbocycles. The fraction of sp³-hybridized carbons (Fsp3) is 0.250. The minimum atomic E-state index is -1.39. The van der Waals surface area contributed by atoms with Gasteiger partial charge < -0.3 is 34.7 Å². The number of nitrogens with one attached hydrogen (secondary N) is 2. The zero-order valence-electron chi connectivity index (χ0n) is 25.8. The molecule has 4 rings (SSSR count). The summed E-state index contributed by atoms with van der Waals surface area (Å²) in [7, 11) is 1.21. The second-order valence-corrected chi connectivity index (χ2v) is 10.5. The number of aliphatic hydroxyl groups is 1. The molecule has 46 heavy (non-hydrogen) atoms. The number of esters is 1. The standard InChI is InChI=1S/C36H38N2O8/c1-25(39)33(38-36(42)46-24-28-16-10-5-11-17-28)34(40)37-30(35(41)43-2)20-29-18-19-31(44-22-26-12-6-3-7-13-26)32(21-29)45-23-27-14-8-4-9-15-27/h3-19,21,25,30,33,39H,20,22-24H2,1-2H3,(H,37,40)(H,38,42)/t25-,30-,33+/m1/s1. The van der Waals surface area contributed by atoms with E-state index in [2.05, 4.69) is 10.6 Å². The van der Waals surface area contributed by atoms with Crippen LogP contribution in [0.5, 0.6) is 11.5 Å². The third-order valence-corrected chi connectivity index (χ3v) is 6.98. The molecular weight excluding hydrogens is 588 g/mol. The Kier molecular flexibility index (Phi) is 12.6. The molecule has 4 aromatic rings. The SMILES string of the molecule is COC(=O)[C@@H](Cc1ccc(OCc2ccccc2)c(OCc2ccccc2)c1)NC(=O)[C@@H](NC(=O)OCc1ccccc1)[C@@H](C)O. The number of alkyl carbamates (subject to hydrolysis) is 1. The fourth-order valence-corrected chi connectivity index (χ4v) is 4.51. The van der Waals surface area contributed by atoms with Gasteiger partial charge >= 0.3 is 12.1 Å². The smallest absolute Gasteiger partial charge is 0.408 e. The van der Waals surface area contributed by atoms with Gasteiger partial charge in [-0.15, -0.1) is 0 Å². The predicted molar refractivity (Wildman–Crippen MR) is 171 cm³/mol. The molecule has 0 radical (unpaired) electrons. The van der Waals surface area contributed by atoms with Crippen LogP contribution in [-0.4, -0.2) is 48.4 Å². The molecule has 10 heteroatoms. The van der Waals surface area contributed by atoms with Crippen LogP contribution in [0.25, 0.3) is 0 Å². The van der Waals surface area contributed by atoms with E-state index in [1.54, 1.807) is 42.5 Å². The van der Waals surface area contributed by atoms with Gasteiger partial charge in [0.05, 0.1) is 13.2 Å². The third kappa shape index (κ3) is 10.4. The highest BCUT2D eigenvalue weighted by atomic mass is 16.5. The van der Waals surface area contributed by atoms with E-state index in [-0.39, 0.29) is 19.6 Å². The first-order valence-corrected chi connectivity index (χ1v) is 14.8. The van der Waals surface area contributed by atoms with Gasteiger partial charge in [0.25, 0.3) is 0 Å². The predicted octanol–water partition coefficient (Wildman–Crippen LogP) is 4.72. The Morgan fingerprint density at radius 1 is 0.674 bits per heavy atom. The summed E-state index contributed by atoms with van der Waals surface area (Å²) in [4.78, 5) is 38.4. The van der Waals surface area contributed by atoms with Crippen LogP contribution in [0.1, 0.15) is 29.2 Å². The number of hydrogen-bond acceptors (Lipinski definition) is 8. The second-order valence-electron chi connectivity index (χ2n) is 10.5. The average molecular weight is 627 g/mol. The topological polar surface area (TPSA) is 132 Å². The summed E-state index contributed by atoms with van der Waals surface area (Å²) in [5, 5.41) is 15.3. The number of hydrogen-bond donors (Lipinski definition) is 3. The van der Waals surface area contributed by atoms with Crippen LogP contribution in [0.15, 0.2) is 109 Å². The van der Waals surface area contributed by atoms with E-state index >= 15 is 0 Å². The number of rotatable bonds is 15. The number of amides is 2. The first-order valence-electron chi connectivity index (χ1n) is 14.8. The summed E-state index contributed by atoms with van der Waals surface area (Å²) in [5.41, 5.74) is 3.35. The van der Waals surface area contributed by atoms with Crippen molar-refractivity contribution in [3.63, 3.8) is 0 Å². The Balaban J connectivity index is 1.46. The summed E-state index contributed by atoms with van der Waals surface area (Å²) >= 11 is 0. The second kappa shape index (κ2) is 17.2. The summed E-state index contributed by atoms with van der Waals surface area (Å²) in [5.74, 6) is -0.530. The van der Waals surface area contributed by atoms with Crippen LogP contribution in [-0.2, 0) is 45.3 Å². The number of benzene rings is 4. The van der Waals surface area contributed by atoms with Gasteiger partial charge in [-0.2, -0.15) is 0 Å². The molecule has 0 heterocycles. The van der Waals surface area contributed by atoms with Gasteiger partial charge in [-0.25, -0.2) is 9.59 Å². The molecule has 0 saturated heterocycles. The Hall–Kier alpha value is -5.35. The van der Waals surface area contributed by atoms with Gasteiger partial charge in [0.2, 0.25) is 5.91 Å². The Bertz CT molecular complexity index is 1550. The molecule has 3 N–H and O–H groups in total. The third-order valence-electron chi connectivity index (χ3n) is 6.98. The summed E-state index contributed by atoms with van der Waals surface area (Å²) in [6.45, 7) is 1.93. The largest absolute Gasteiger partial charge is 0.485 e. The molecule has 0 aliphatic rings. The first-order chi connectivity index (χ1) is 22.3. The highest BCUT2D eigenvalue weighted by molar-refractivity contribution is 5.90. The van der Waals surface area contributed by atoms with Crippen LogP contribution in [0.4, 0.5) is 4.79 Å². The first kappa shape index (κ1) is 33.5. The molecule has 10 nitrogen and oxygen atoms in total. The van der Waals surface area contributed by atoms with Crippen molar-refractivity contribution in [1.29, 1.82) is 0 Å². The quantitative estimate of drug-likeness (QED) is 0.162. The van der Waals surface area contributed by atoms with Gasteiger partial charge in [0, 0.05) is 6.42 Å². The highest BCUT2D eigenvalue weighted by Gasteiger charge is 2.31. The minimum absolute atomic E-state index is 0.0225. The van der Waals surface area contributed by atoms with E-state index < -0.39 is 36.2 Å². The van der Waals surface area contributed by atoms with E-state index in [1.807, 2.05) is 66.7 Å². The summed E-state index contributed by atoms with van der Waals surface area (Å²) < 4.78 is 22.4. The Morgan fingerprint density at radius 3 is 1.72 bits per heavy atom. The fourth-order valence-electron chi connectivity index (χ4n) is 4.51. The van der Waals surface area contributed by atoms with Crippen LogP contribution in [0.3, 0.4) is 0 Å². The molecule has 4 aromatic carbocycles. The van der Waals surface area contributed by atoms with Gasteiger partial charge in [0.15, 0.2) is 11.5 Å². The normalized spacial score (nSPS) is 12.6. The van der Waals surface area contributed by atoms with Crippen molar-refractivity contribution in [2.75, 3.05) is 7.11 Å². The lowest BCUT2D eigenvalue weighted by atomic mass is 10.0. The number of carbonyl (C=O) groups is 3. The molecule has 0 aromatic heterocycles. The van der Waals surface area contributed by atoms with Gasteiger partial charge in [0.1, 0.15) is 31.9 Å². The molecule has 0 spiro atoms. The number of methoxy groups -OCH3 is 1. The molecule has 3 atom stereocenters. The van der Waals surface area contributed by atoms with Gasteiger partial charge in [-0.1, -0.05) is 97.1 Å². The molecule has 0 unspecified atom stereocenters. The summed E-state index contributed by atoms with van der Waals surface area (Å²) in [6.07, 6.45) is -2.16. The number of ether oxygens (including phenoxy) is 4. The average Bonchev–Trinajstić information content (AvgIpc) is 3.08. The van der Waals surface area contributed by atoms with Crippen molar-refractivity contribution in [2.24, 2.45) is 0 Å². The maximum Gasteiger partial charge on any atom is 0.408 e. The van der Waals surface area contributed by atoms with E-state index in [1.165, 1.54) is 14.0 Å². The monoisotopic (exact) mass is 626 g/mol. The molecule has 0 saturated carbocycles. The van der Waals surface area contributed by atoms with Crippen molar-refractivity contribution < 1.29 is 38.4 Å². The Morgan fingerprint density at radius 2 is 1.20 bits per heavy atom. The zero-order valence-corrected chi connectivity index (χ0v) is 25.8. The number of aliphatic hydroxyl groups excluding tert-OH is 1. The highest BCUT2D eigenvalue weighted by Crippen LogP contribution is 2.31. The molecule has 240 valence electrons. The van der Waals surface area contributed by atoms with Crippen molar-refractivity contribution in [3.8, 4) is 11.5 Å². The van der Waals surface area contributed by atoms with Crippen molar-refractivity contribution in [1.82, 2.24) is 10.6 Å². The van der Waals surface area contributed by atoms with E-state index in [9.17, 15) is 19.5 Å². The lowest BCUT2D eigenvalue weighted by Crippen LogP contribution is -2.56. The van der Waals surface area contributed by atoms with E-state index in [0.717, 1.165) is 16.7 Å². The lowest BCUT2D eigenvalue weighted by Gasteiger charge is -2.24. The minimum Gasteiger partial charge on any atom is -0.485 e. The maximum atomic E-state index is 13.2. The van der Waals surface area contributed by atoms with Crippen molar-refractivity contribution >= 4 is 18.0 Å². The van der Waals surface area contributed by atoms with Crippen LogP contribution in [0.2, 0.25) is 0 Å². The molecule has 0 fully saturated rings. The maximum absolute atomic E-state index is 13.2. The van der Waals surface area contributed by atoms with Crippen LogP contribution in [0, 0.1) is 0 Å². The van der Waals surface area contributed by atoms with Gasteiger partial charge in [-0.3, -0.25) is 4.79 Å². The van der Waals surface area contributed by atoms with Crippen molar-refractivity contribution in [2.45, 2.75) is 51.4 Å². The van der Waals surface area contributed by atoms with E-state index in [0.29, 0.717) is 23.7 Å². The van der Waals surface area contributed by atoms with Crippen LogP contribution >= 0.6 is 0 Å². The molecule has 0 aliphatic heterocycles. The molecule has 0 bridgehead atoms. The Labute approximate surface area is 268 Å².